The molecule has 2 N–H and O–H groups in total. The summed E-state index contributed by atoms with van der Waals surface area (Å²) in [5, 5.41) is 14.1. The maximum Gasteiger partial charge on any atom is 0.257 e. The van der Waals surface area contributed by atoms with E-state index in [0.717, 1.165) is 35.5 Å². The molecule has 2 amide bonds. The number of para-hydroxylation sites is 2. The minimum absolute atomic E-state index is 0.0961. The van der Waals surface area contributed by atoms with Crippen LogP contribution in [0.1, 0.15) is 39.7 Å². The SMILES string of the molecule is O=C(Nc1nc2c(s1)CCCC2C(=O)N1CCN(c2ccccc2O)CC1)c1ccc(Cl)cc1. The highest BCUT2D eigenvalue weighted by atomic mass is 35.5. The zero-order valence-electron chi connectivity index (χ0n) is 18.5. The van der Waals surface area contributed by atoms with Gasteiger partial charge < -0.3 is 14.9 Å². The van der Waals surface area contributed by atoms with Gasteiger partial charge in [-0.2, -0.15) is 0 Å². The number of anilines is 2. The molecule has 1 fully saturated rings. The summed E-state index contributed by atoms with van der Waals surface area (Å²) >= 11 is 7.36. The molecule has 0 radical (unpaired) electrons. The van der Waals surface area contributed by atoms with E-state index >= 15 is 0 Å². The van der Waals surface area contributed by atoms with Crippen molar-refractivity contribution < 1.29 is 14.7 Å². The van der Waals surface area contributed by atoms with Crippen LogP contribution in [0.25, 0.3) is 0 Å². The third kappa shape index (κ3) is 4.60. The molecule has 2 aliphatic rings. The Bertz CT molecular complexity index is 1210. The van der Waals surface area contributed by atoms with Crippen molar-refractivity contribution in [3.8, 4) is 5.75 Å². The average molecular weight is 497 g/mol. The number of rotatable bonds is 4. The molecule has 1 aliphatic carbocycles. The summed E-state index contributed by atoms with van der Waals surface area (Å²) in [6, 6.07) is 14.0. The van der Waals surface area contributed by atoms with Crippen molar-refractivity contribution in [1.29, 1.82) is 0 Å². The van der Waals surface area contributed by atoms with E-state index in [1.807, 2.05) is 17.0 Å². The van der Waals surface area contributed by atoms with Crippen LogP contribution in [0.4, 0.5) is 10.8 Å². The molecule has 7 nitrogen and oxygen atoms in total. The Kier molecular flexibility index (Phi) is 6.43. The number of aryl methyl sites for hydroxylation is 1. The number of nitrogens with zero attached hydrogens (tertiary/aromatic N) is 3. The van der Waals surface area contributed by atoms with Crippen LogP contribution in [-0.4, -0.2) is 53.0 Å². The lowest BCUT2D eigenvalue weighted by atomic mass is 9.89. The van der Waals surface area contributed by atoms with Gasteiger partial charge in [-0.25, -0.2) is 4.98 Å². The summed E-state index contributed by atoms with van der Waals surface area (Å²) in [6.45, 7) is 2.54. The second-order valence-corrected chi connectivity index (χ2v) is 10.1. The van der Waals surface area contributed by atoms with E-state index in [1.54, 1.807) is 36.4 Å². The van der Waals surface area contributed by atoms with Gasteiger partial charge in [-0.15, -0.1) is 11.3 Å². The van der Waals surface area contributed by atoms with E-state index in [-0.39, 0.29) is 23.5 Å². The molecule has 34 heavy (non-hydrogen) atoms. The molecule has 0 spiro atoms. The number of phenols is 1. The van der Waals surface area contributed by atoms with Gasteiger partial charge in [0.15, 0.2) is 5.13 Å². The number of carbonyl (C=O) groups is 2. The lowest BCUT2D eigenvalue weighted by Gasteiger charge is -2.38. The molecule has 1 atom stereocenters. The summed E-state index contributed by atoms with van der Waals surface area (Å²) in [5.74, 6) is -0.169. The molecule has 0 saturated carbocycles. The summed E-state index contributed by atoms with van der Waals surface area (Å²) in [6.07, 6.45) is 2.56. The van der Waals surface area contributed by atoms with Crippen LogP contribution in [0.2, 0.25) is 5.02 Å². The Morgan fingerprint density at radius 3 is 2.53 bits per heavy atom. The predicted molar refractivity (Wildman–Crippen MR) is 134 cm³/mol. The van der Waals surface area contributed by atoms with Crippen LogP contribution in [0.3, 0.4) is 0 Å². The molecule has 2 heterocycles. The highest BCUT2D eigenvalue weighted by molar-refractivity contribution is 7.16. The third-order valence-electron chi connectivity index (χ3n) is 6.39. The number of aromatic nitrogens is 1. The number of halogens is 1. The molecule has 0 bridgehead atoms. The second kappa shape index (κ2) is 9.64. The summed E-state index contributed by atoms with van der Waals surface area (Å²) in [4.78, 5) is 35.8. The Morgan fingerprint density at radius 2 is 1.79 bits per heavy atom. The van der Waals surface area contributed by atoms with Crippen LogP contribution < -0.4 is 10.2 Å². The maximum atomic E-state index is 13.4. The van der Waals surface area contributed by atoms with Crippen LogP contribution in [0.15, 0.2) is 48.5 Å². The Labute approximate surface area is 207 Å². The molecule has 1 aromatic heterocycles. The van der Waals surface area contributed by atoms with Crippen molar-refractivity contribution >= 4 is 45.6 Å². The number of thiazole rings is 1. The lowest BCUT2D eigenvalue weighted by molar-refractivity contribution is -0.133. The minimum Gasteiger partial charge on any atom is -0.506 e. The van der Waals surface area contributed by atoms with Gasteiger partial charge >= 0.3 is 0 Å². The Balaban J connectivity index is 1.26. The van der Waals surface area contributed by atoms with Crippen molar-refractivity contribution in [2.24, 2.45) is 0 Å². The second-order valence-electron chi connectivity index (χ2n) is 8.53. The number of fused-ring (bicyclic) bond motifs is 1. The first-order valence-electron chi connectivity index (χ1n) is 11.4. The van der Waals surface area contributed by atoms with Gasteiger partial charge in [0, 0.05) is 41.6 Å². The number of nitrogens with one attached hydrogen (secondary N) is 1. The van der Waals surface area contributed by atoms with Gasteiger partial charge in [0.25, 0.3) is 5.91 Å². The first kappa shape index (κ1) is 22.7. The van der Waals surface area contributed by atoms with Gasteiger partial charge in [-0.05, 0) is 55.7 Å². The number of amides is 2. The fourth-order valence-electron chi connectivity index (χ4n) is 4.60. The van der Waals surface area contributed by atoms with Gasteiger partial charge in [-0.3, -0.25) is 14.9 Å². The van der Waals surface area contributed by atoms with E-state index in [4.69, 9.17) is 11.6 Å². The first-order valence-corrected chi connectivity index (χ1v) is 12.6. The predicted octanol–water partition coefficient (Wildman–Crippen LogP) is 4.52. The fourth-order valence-corrected chi connectivity index (χ4v) is 5.79. The maximum absolute atomic E-state index is 13.4. The minimum atomic E-state index is -0.280. The number of benzene rings is 2. The number of hydrogen-bond donors (Lipinski definition) is 2. The Morgan fingerprint density at radius 1 is 1.06 bits per heavy atom. The Hall–Kier alpha value is -3.10. The van der Waals surface area contributed by atoms with E-state index in [1.165, 1.54) is 11.3 Å². The van der Waals surface area contributed by atoms with Crippen LogP contribution in [0.5, 0.6) is 5.75 Å². The molecule has 5 rings (SSSR count). The highest BCUT2D eigenvalue weighted by Gasteiger charge is 2.34. The quantitative estimate of drug-likeness (QED) is 0.554. The molecule has 176 valence electrons. The molecule has 1 unspecified atom stereocenters. The van der Waals surface area contributed by atoms with E-state index < -0.39 is 0 Å². The van der Waals surface area contributed by atoms with Gasteiger partial charge in [0.1, 0.15) is 5.75 Å². The smallest absolute Gasteiger partial charge is 0.257 e. The largest absolute Gasteiger partial charge is 0.506 e. The molecule has 3 aromatic rings. The van der Waals surface area contributed by atoms with Crippen LogP contribution >= 0.6 is 22.9 Å². The molecule has 2 aromatic carbocycles. The summed E-state index contributed by atoms with van der Waals surface area (Å²) < 4.78 is 0. The molecule has 1 saturated heterocycles. The summed E-state index contributed by atoms with van der Waals surface area (Å²) in [5.41, 5.74) is 2.11. The zero-order valence-corrected chi connectivity index (χ0v) is 20.1. The average Bonchev–Trinajstić information content (AvgIpc) is 3.27. The number of hydrogen-bond acceptors (Lipinski definition) is 6. The van der Waals surface area contributed by atoms with Gasteiger partial charge in [-0.1, -0.05) is 23.7 Å². The number of carbonyl (C=O) groups excluding carboxylic acids is 2. The number of aromatic hydroxyl groups is 1. The van der Waals surface area contributed by atoms with Crippen molar-refractivity contribution in [3.05, 3.63) is 69.7 Å². The van der Waals surface area contributed by atoms with E-state index in [2.05, 4.69) is 15.2 Å². The van der Waals surface area contributed by atoms with Crippen LogP contribution in [0, 0.1) is 0 Å². The van der Waals surface area contributed by atoms with E-state index in [9.17, 15) is 14.7 Å². The first-order chi connectivity index (χ1) is 16.5. The highest BCUT2D eigenvalue weighted by Crippen LogP contribution is 2.38. The third-order valence-corrected chi connectivity index (χ3v) is 7.69. The number of piperazine rings is 1. The standard InChI is InChI=1S/C25H25ClN4O3S/c26-17-10-8-16(9-11-17)23(32)28-25-27-22-18(4-3-7-21(22)34-25)24(33)30-14-12-29(13-15-30)19-5-1-2-6-20(19)31/h1-2,5-6,8-11,18,31H,3-4,7,12-15H2,(H,27,28,32). The molecular formula is C25H25ClN4O3S. The van der Waals surface area contributed by atoms with Crippen molar-refractivity contribution in [2.45, 2.75) is 25.2 Å². The van der Waals surface area contributed by atoms with Crippen molar-refractivity contribution in [1.82, 2.24) is 9.88 Å². The normalized spacial score (nSPS) is 17.9. The summed E-state index contributed by atoms with van der Waals surface area (Å²) in [7, 11) is 0. The molecule has 9 heteroatoms. The van der Waals surface area contributed by atoms with E-state index in [0.29, 0.717) is 41.9 Å². The topological polar surface area (TPSA) is 85.8 Å². The fraction of sp³-hybridized carbons (Fsp3) is 0.320. The van der Waals surface area contributed by atoms with Crippen molar-refractivity contribution in [3.63, 3.8) is 0 Å². The molecular weight excluding hydrogens is 472 g/mol. The van der Waals surface area contributed by atoms with Crippen LogP contribution in [-0.2, 0) is 11.2 Å². The zero-order chi connectivity index (χ0) is 23.7. The van der Waals surface area contributed by atoms with Crippen molar-refractivity contribution in [2.75, 3.05) is 36.4 Å². The molecule has 1 aliphatic heterocycles. The number of phenolic OH excluding ortho intramolecular Hbond substituents is 1. The monoisotopic (exact) mass is 496 g/mol. The van der Waals surface area contributed by atoms with Gasteiger partial charge in [0.2, 0.25) is 5.91 Å². The van der Waals surface area contributed by atoms with Gasteiger partial charge in [0.05, 0.1) is 17.3 Å². The lowest BCUT2D eigenvalue weighted by Crippen LogP contribution is -2.50.